The molecule has 0 spiro atoms. The van der Waals surface area contributed by atoms with Gasteiger partial charge in [-0.25, -0.2) is 4.98 Å². The minimum absolute atomic E-state index is 0.0929. The summed E-state index contributed by atoms with van der Waals surface area (Å²) in [5.41, 5.74) is 6.57. The van der Waals surface area contributed by atoms with Crippen molar-refractivity contribution < 1.29 is 13.2 Å². The fraction of sp³-hybridized carbons (Fsp3) is 0.133. The topological polar surface area (TPSA) is 43.8 Å². The molecule has 21 heavy (non-hydrogen) atoms. The highest BCUT2D eigenvalue weighted by atomic mass is 19.4. The highest BCUT2D eigenvalue weighted by Gasteiger charge is 2.33. The van der Waals surface area contributed by atoms with Crippen LogP contribution >= 0.6 is 0 Å². The minimum atomic E-state index is -4.43. The Morgan fingerprint density at radius 3 is 2.62 bits per heavy atom. The molecule has 0 amide bonds. The molecule has 0 aliphatic carbocycles. The van der Waals surface area contributed by atoms with Crippen LogP contribution in [0, 0.1) is 0 Å². The molecule has 0 unspecified atom stereocenters. The maximum atomic E-state index is 13.1. The lowest BCUT2D eigenvalue weighted by atomic mass is 10.1. The monoisotopic (exact) mass is 291 g/mol. The third kappa shape index (κ3) is 2.56. The van der Waals surface area contributed by atoms with Crippen LogP contribution in [0.2, 0.25) is 0 Å². The van der Waals surface area contributed by atoms with Gasteiger partial charge in [0.2, 0.25) is 0 Å². The first kappa shape index (κ1) is 13.5. The van der Waals surface area contributed by atoms with Crippen LogP contribution in [-0.2, 0) is 12.7 Å². The molecule has 0 bridgehead atoms. The molecule has 0 saturated heterocycles. The third-order valence-electron chi connectivity index (χ3n) is 3.31. The fourth-order valence-corrected chi connectivity index (χ4v) is 2.32. The third-order valence-corrected chi connectivity index (χ3v) is 3.31. The van der Waals surface area contributed by atoms with Gasteiger partial charge >= 0.3 is 6.18 Å². The number of imidazole rings is 1. The average molecular weight is 291 g/mol. The van der Waals surface area contributed by atoms with E-state index in [4.69, 9.17) is 5.73 Å². The number of hydrogen-bond acceptors (Lipinski definition) is 2. The van der Waals surface area contributed by atoms with Crippen LogP contribution in [-0.4, -0.2) is 9.55 Å². The highest BCUT2D eigenvalue weighted by molar-refractivity contribution is 5.75. The van der Waals surface area contributed by atoms with Crippen LogP contribution < -0.4 is 5.73 Å². The number of benzene rings is 2. The van der Waals surface area contributed by atoms with Crippen molar-refractivity contribution in [2.45, 2.75) is 12.7 Å². The molecule has 0 aliphatic heterocycles. The van der Waals surface area contributed by atoms with Crippen molar-refractivity contribution in [2.75, 3.05) is 5.73 Å². The van der Waals surface area contributed by atoms with Crippen LogP contribution in [0.1, 0.15) is 11.1 Å². The second-order valence-corrected chi connectivity index (χ2v) is 4.78. The van der Waals surface area contributed by atoms with E-state index in [0.29, 0.717) is 0 Å². The van der Waals surface area contributed by atoms with Crippen molar-refractivity contribution in [1.29, 1.82) is 0 Å². The largest absolute Gasteiger partial charge is 0.416 e. The number of rotatable bonds is 2. The second kappa shape index (κ2) is 4.80. The average Bonchev–Trinajstić information content (AvgIpc) is 2.83. The van der Waals surface area contributed by atoms with Crippen LogP contribution in [0.3, 0.4) is 0 Å². The number of para-hydroxylation sites is 2. The number of alkyl halides is 3. The molecule has 0 fully saturated rings. The van der Waals surface area contributed by atoms with Gasteiger partial charge in [0.25, 0.3) is 0 Å². The Balaban J connectivity index is 2.06. The zero-order chi connectivity index (χ0) is 15.0. The molecule has 1 aromatic heterocycles. The van der Waals surface area contributed by atoms with Gasteiger partial charge < -0.3 is 10.3 Å². The molecule has 6 heteroatoms. The quantitative estimate of drug-likeness (QED) is 0.732. The van der Waals surface area contributed by atoms with E-state index in [1.807, 2.05) is 24.3 Å². The normalized spacial score (nSPS) is 12.0. The molecule has 0 aliphatic rings. The minimum Gasteiger partial charge on any atom is -0.399 e. The smallest absolute Gasteiger partial charge is 0.399 e. The molecule has 108 valence electrons. The Kier molecular flexibility index (Phi) is 3.08. The summed E-state index contributed by atoms with van der Waals surface area (Å²) in [6, 6.07) is 11.2. The van der Waals surface area contributed by atoms with Crippen molar-refractivity contribution >= 4 is 16.7 Å². The maximum absolute atomic E-state index is 13.1. The summed E-state index contributed by atoms with van der Waals surface area (Å²) >= 11 is 0. The Hall–Kier alpha value is -2.50. The molecule has 3 rings (SSSR count). The van der Waals surface area contributed by atoms with E-state index in [2.05, 4.69) is 4.98 Å². The Bertz CT molecular complexity index is 790. The van der Waals surface area contributed by atoms with Crippen LogP contribution in [0.25, 0.3) is 11.0 Å². The summed E-state index contributed by atoms with van der Waals surface area (Å²) in [5, 5.41) is 0. The van der Waals surface area contributed by atoms with Crippen molar-refractivity contribution in [1.82, 2.24) is 9.55 Å². The predicted molar refractivity (Wildman–Crippen MR) is 74.7 cm³/mol. The van der Waals surface area contributed by atoms with Crippen LogP contribution in [0.4, 0.5) is 18.9 Å². The number of nitrogens with zero attached hydrogens (tertiary/aromatic N) is 2. The van der Waals surface area contributed by atoms with Crippen molar-refractivity contribution in [3.63, 3.8) is 0 Å². The number of halogens is 3. The van der Waals surface area contributed by atoms with Gasteiger partial charge in [-0.15, -0.1) is 0 Å². The summed E-state index contributed by atoms with van der Waals surface area (Å²) in [7, 11) is 0. The molecule has 3 aromatic rings. The van der Waals surface area contributed by atoms with Gasteiger partial charge in [-0.1, -0.05) is 18.2 Å². The van der Waals surface area contributed by atoms with Gasteiger partial charge in [0.05, 0.1) is 22.9 Å². The predicted octanol–water partition coefficient (Wildman–Crippen LogP) is 3.69. The standard InChI is InChI=1S/C15H12F3N3/c16-15(17,18)12-7-11(19)6-5-10(12)8-21-9-20-13-3-1-2-4-14(13)21/h1-7,9H,8,19H2. The number of hydrogen-bond donors (Lipinski definition) is 1. The van der Waals surface area contributed by atoms with Crippen molar-refractivity contribution in [3.8, 4) is 0 Å². The fourth-order valence-electron chi connectivity index (χ4n) is 2.32. The second-order valence-electron chi connectivity index (χ2n) is 4.78. The van der Waals surface area contributed by atoms with E-state index in [9.17, 15) is 13.2 Å². The van der Waals surface area contributed by atoms with Crippen molar-refractivity contribution in [2.24, 2.45) is 0 Å². The molecule has 0 saturated carbocycles. The number of nitrogens with two attached hydrogens (primary N) is 1. The lowest BCUT2D eigenvalue weighted by molar-refractivity contribution is -0.138. The maximum Gasteiger partial charge on any atom is 0.416 e. The first-order chi connectivity index (χ1) is 9.95. The molecule has 3 nitrogen and oxygen atoms in total. The SMILES string of the molecule is Nc1ccc(Cn2cnc3ccccc32)c(C(F)(F)F)c1. The summed E-state index contributed by atoms with van der Waals surface area (Å²) in [6.45, 7) is 0.0929. The van der Waals surface area contributed by atoms with Gasteiger partial charge in [0.15, 0.2) is 0 Å². The zero-order valence-electron chi connectivity index (χ0n) is 10.9. The molecule has 1 heterocycles. The summed E-state index contributed by atoms with van der Waals surface area (Å²) < 4.78 is 41.0. The summed E-state index contributed by atoms with van der Waals surface area (Å²) in [5.74, 6) is 0. The number of aromatic nitrogens is 2. The number of anilines is 1. The molecular formula is C15H12F3N3. The van der Waals surface area contributed by atoms with E-state index in [0.717, 1.165) is 17.1 Å². The molecule has 2 aromatic carbocycles. The highest BCUT2D eigenvalue weighted by Crippen LogP contribution is 2.34. The van der Waals surface area contributed by atoms with E-state index in [-0.39, 0.29) is 17.8 Å². The Labute approximate surface area is 118 Å². The molecular weight excluding hydrogens is 279 g/mol. The first-order valence-corrected chi connectivity index (χ1v) is 6.30. The number of fused-ring (bicyclic) bond motifs is 1. The van der Waals surface area contributed by atoms with E-state index < -0.39 is 11.7 Å². The zero-order valence-corrected chi connectivity index (χ0v) is 10.9. The molecule has 0 atom stereocenters. The Morgan fingerprint density at radius 1 is 1.10 bits per heavy atom. The Morgan fingerprint density at radius 2 is 1.86 bits per heavy atom. The van der Waals surface area contributed by atoms with E-state index >= 15 is 0 Å². The summed E-state index contributed by atoms with van der Waals surface area (Å²) in [6.07, 6.45) is -2.89. The lowest BCUT2D eigenvalue weighted by Crippen LogP contribution is -2.12. The van der Waals surface area contributed by atoms with Gasteiger partial charge in [-0.05, 0) is 29.8 Å². The molecule has 2 N–H and O–H groups in total. The van der Waals surface area contributed by atoms with Gasteiger partial charge in [0, 0.05) is 12.2 Å². The van der Waals surface area contributed by atoms with E-state index in [1.54, 1.807) is 10.9 Å². The van der Waals surface area contributed by atoms with Crippen LogP contribution in [0.15, 0.2) is 48.8 Å². The van der Waals surface area contributed by atoms with E-state index in [1.165, 1.54) is 12.1 Å². The summed E-state index contributed by atoms with van der Waals surface area (Å²) in [4.78, 5) is 4.18. The van der Waals surface area contributed by atoms with Crippen LogP contribution in [0.5, 0.6) is 0 Å². The van der Waals surface area contributed by atoms with Gasteiger partial charge in [0.1, 0.15) is 0 Å². The van der Waals surface area contributed by atoms with Crippen molar-refractivity contribution in [3.05, 3.63) is 59.9 Å². The lowest BCUT2D eigenvalue weighted by Gasteiger charge is -2.14. The number of nitrogen functional groups attached to an aromatic ring is 1. The van der Waals surface area contributed by atoms with Gasteiger partial charge in [-0.3, -0.25) is 0 Å². The molecule has 0 radical (unpaired) electrons. The van der Waals surface area contributed by atoms with Gasteiger partial charge in [-0.2, -0.15) is 13.2 Å². The first-order valence-electron chi connectivity index (χ1n) is 6.30.